The number of carbonyl (C=O) groups is 2. The van der Waals surface area contributed by atoms with Crippen molar-refractivity contribution in [3.8, 4) is 11.3 Å². The number of fused-ring (bicyclic) bond motifs is 2. The number of benzene rings is 1. The first-order valence-corrected chi connectivity index (χ1v) is 9.11. The predicted octanol–water partition coefficient (Wildman–Crippen LogP) is 3.58. The number of nitrogens with zero attached hydrogens (tertiary/aromatic N) is 1. The fraction of sp³-hybridized carbons (Fsp3) is 0.316. The molecule has 1 aromatic carbocycles. The molecule has 128 valence electrons. The number of anilines is 1. The Balaban J connectivity index is 1.56. The Hall–Kier alpha value is -2.47. The van der Waals surface area contributed by atoms with E-state index in [4.69, 9.17) is 0 Å². The molecule has 0 saturated heterocycles. The predicted molar refractivity (Wildman–Crippen MR) is 96.3 cm³/mol. The van der Waals surface area contributed by atoms with E-state index >= 15 is 0 Å². The van der Waals surface area contributed by atoms with Crippen molar-refractivity contribution in [1.29, 1.82) is 0 Å². The summed E-state index contributed by atoms with van der Waals surface area (Å²) >= 11 is 1.42. The second-order valence-corrected chi connectivity index (χ2v) is 7.82. The summed E-state index contributed by atoms with van der Waals surface area (Å²) in [6, 6.07) is 9.81. The molecule has 2 bridgehead atoms. The van der Waals surface area contributed by atoms with Crippen LogP contribution in [0, 0.1) is 30.6 Å². The summed E-state index contributed by atoms with van der Waals surface area (Å²) in [6.07, 6.45) is 4.67. The van der Waals surface area contributed by atoms with E-state index in [2.05, 4.69) is 10.3 Å². The molecule has 0 radical (unpaired) electrons. The third-order valence-electron chi connectivity index (χ3n) is 5.12. The molecule has 1 fully saturated rings. The summed E-state index contributed by atoms with van der Waals surface area (Å²) in [7, 11) is 0. The van der Waals surface area contributed by atoms with Gasteiger partial charge in [0.1, 0.15) is 0 Å². The number of allylic oxidation sites excluding steroid dienone is 2. The Bertz CT molecular complexity index is 859. The Morgan fingerprint density at radius 2 is 1.84 bits per heavy atom. The van der Waals surface area contributed by atoms with Crippen LogP contribution in [-0.2, 0) is 9.59 Å². The SMILES string of the molecule is Cc1sc(NC(=O)C2C3C=CC(C3)C2C(=O)O)nc1-c1ccccc1. The van der Waals surface area contributed by atoms with Gasteiger partial charge < -0.3 is 10.4 Å². The summed E-state index contributed by atoms with van der Waals surface area (Å²) in [5.74, 6) is -2.30. The number of carboxylic acids is 1. The topological polar surface area (TPSA) is 79.3 Å². The molecule has 1 saturated carbocycles. The van der Waals surface area contributed by atoms with Crippen LogP contribution in [0.25, 0.3) is 11.3 Å². The molecule has 6 heteroatoms. The first kappa shape index (κ1) is 16.0. The van der Waals surface area contributed by atoms with Gasteiger partial charge in [0.2, 0.25) is 5.91 Å². The second-order valence-electron chi connectivity index (χ2n) is 6.62. The van der Waals surface area contributed by atoms with E-state index in [1.807, 2.05) is 49.4 Å². The molecule has 25 heavy (non-hydrogen) atoms. The van der Waals surface area contributed by atoms with Crippen LogP contribution in [0.4, 0.5) is 5.13 Å². The zero-order valence-electron chi connectivity index (χ0n) is 13.7. The van der Waals surface area contributed by atoms with Gasteiger partial charge in [0.25, 0.3) is 0 Å². The summed E-state index contributed by atoms with van der Waals surface area (Å²) in [6.45, 7) is 1.97. The molecule has 1 heterocycles. The highest BCUT2D eigenvalue weighted by molar-refractivity contribution is 7.16. The Morgan fingerprint density at radius 1 is 1.16 bits per heavy atom. The van der Waals surface area contributed by atoms with Crippen LogP contribution in [0.2, 0.25) is 0 Å². The van der Waals surface area contributed by atoms with Gasteiger partial charge in [-0.15, -0.1) is 11.3 Å². The number of hydrogen-bond acceptors (Lipinski definition) is 4. The lowest BCUT2D eigenvalue weighted by Gasteiger charge is -2.23. The van der Waals surface area contributed by atoms with E-state index in [0.29, 0.717) is 5.13 Å². The minimum atomic E-state index is -0.891. The first-order valence-electron chi connectivity index (χ1n) is 8.29. The van der Waals surface area contributed by atoms with E-state index in [9.17, 15) is 14.7 Å². The smallest absolute Gasteiger partial charge is 0.307 e. The Labute approximate surface area is 149 Å². The third-order valence-corrected chi connectivity index (χ3v) is 6.01. The number of aryl methyl sites for hydroxylation is 1. The minimum Gasteiger partial charge on any atom is -0.481 e. The zero-order valence-corrected chi connectivity index (χ0v) is 14.5. The number of nitrogens with one attached hydrogen (secondary N) is 1. The van der Waals surface area contributed by atoms with Crippen LogP contribution < -0.4 is 5.32 Å². The molecular weight excluding hydrogens is 336 g/mol. The van der Waals surface area contributed by atoms with Crippen LogP contribution in [0.15, 0.2) is 42.5 Å². The van der Waals surface area contributed by atoms with Crippen molar-refractivity contribution in [2.75, 3.05) is 5.32 Å². The van der Waals surface area contributed by atoms with E-state index in [1.54, 1.807) is 0 Å². The third kappa shape index (κ3) is 2.76. The number of amides is 1. The molecular formula is C19H18N2O3S. The van der Waals surface area contributed by atoms with Gasteiger partial charge in [-0.05, 0) is 25.2 Å². The van der Waals surface area contributed by atoms with Gasteiger partial charge >= 0.3 is 5.97 Å². The molecule has 2 aliphatic carbocycles. The van der Waals surface area contributed by atoms with Crippen molar-refractivity contribution in [2.45, 2.75) is 13.3 Å². The number of aromatic nitrogens is 1. The molecule has 5 nitrogen and oxygen atoms in total. The highest BCUT2D eigenvalue weighted by Crippen LogP contribution is 2.48. The van der Waals surface area contributed by atoms with Gasteiger partial charge in [-0.3, -0.25) is 9.59 Å². The molecule has 4 atom stereocenters. The van der Waals surface area contributed by atoms with Crippen LogP contribution in [0.5, 0.6) is 0 Å². The highest BCUT2D eigenvalue weighted by Gasteiger charge is 2.51. The fourth-order valence-corrected chi connectivity index (χ4v) is 4.86. The number of rotatable bonds is 4. The Kier molecular flexibility index (Phi) is 3.92. The maximum absolute atomic E-state index is 12.7. The lowest BCUT2D eigenvalue weighted by molar-refractivity contribution is -0.146. The van der Waals surface area contributed by atoms with E-state index in [0.717, 1.165) is 22.6 Å². The minimum absolute atomic E-state index is 0.0146. The van der Waals surface area contributed by atoms with E-state index in [-0.39, 0.29) is 17.7 Å². The number of thiazole rings is 1. The monoisotopic (exact) mass is 354 g/mol. The van der Waals surface area contributed by atoms with Crippen molar-refractivity contribution < 1.29 is 14.7 Å². The zero-order chi connectivity index (χ0) is 17.6. The summed E-state index contributed by atoms with van der Waals surface area (Å²) in [4.78, 5) is 29.9. The molecule has 1 aromatic heterocycles. The highest BCUT2D eigenvalue weighted by atomic mass is 32.1. The van der Waals surface area contributed by atoms with Crippen LogP contribution in [0.3, 0.4) is 0 Å². The van der Waals surface area contributed by atoms with Gasteiger partial charge in [0.05, 0.1) is 17.5 Å². The van der Waals surface area contributed by atoms with E-state index < -0.39 is 17.8 Å². The van der Waals surface area contributed by atoms with Crippen molar-refractivity contribution in [3.63, 3.8) is 0 Å². The van der Waals surface area contributed by atoms with Crippen LogP contribution >= 0.6 is 11.3 Å². The Morgan fingerprint density at radius 3 is 2.52 bits per heavy atom. The van der Waals surface area contributed by atoms with Crippen molar-refractivity contribution in [1.82, 2.24) is 4.98 Å². The normalized spacial score (nSPS) is 26.8. The van der Waals surface area contributed by atoms with Gasteiger partial charge in [-0.1, -0.05) is 42.5 Å². The first-order chi connectivity index (χ1) is 12.0. The van der Waals surface area contributed by atoms with Crippen LogP contribution in [0.1, 0.15) is 11.3 Å². The van der Waals surface area contributed by atoms with E-state index in [1.165, 1.54) is 11.3 Å². The maximum Gasteiger partial charge on any atom is 0.307 e. The number of carbonyl (C=O) groups excluding carboxylic acids is 1. The summed E-state index contributed by atoms with van der Waals surface area (Å²) < 4.78 is 0. The van der Waals surface area contributed by atoms with Gasteiger partial charge in [-0.25, -0.2) is 4.98 Å². The van der Waals surface area contributed by atoms with Crippen LogP contribution in [-0.4, -0.2) is 22.0 Å². The molecule has 2 aliphatic rings. The largest absolute Gasteiger partial charge is 0.481 e. The number of hydrogen-bond donors (Lipinski definition) is 2. The molecule has 4 rings (SSSR count). The molecule has 0 aliphatic heterocycles. The molecule has 2 aromatic rings. The van der Waals surface area contributed by atoms with Crippen molar-refractivity contribution in [2.24, 2.45) is 23.7 Å². The molecule has 4 unspecified atom stereocenters. The second kappa shape index (κ2) is 6.11. The molecule has 2 N–H and O–H groups in total. The average molecular weight is 354 g/mol. The number of aliphatic carboxylic acids is 1. The van der Waals surface area contributed by atoms with Gasteiger partial charge in [-0.2, -0.15) is 0 Å². The fourth-order valence-electron chi connectivity index (χ4n) is 4.02. The molecule has 1 amide bonds. The lowest BCUT2D eigenvalue weighted by atomic mass is 9.82. The van der Waals surface area contributed by atoms with Crippen molar-refractivity contribution in [3.05, 3.63) is 47.4 Å². The average Bonchev–Trinajstić information content (AvgIpc) is 3.29. The maximum atomic E-state index is 12.7. The molecule has 0 spiro atoms. The van der Waals surface area contributed by atoms with Crippen molar-refractivity contribution >= 4 is 28.3 Å². The lowest BCUT2D eigenvalue weighted by Crippen LogP contribution is -2.36. The quantitative estimate of drug-likeness (QED) is 0.823. The summed E-state index contributed by atoms with van der Waals surface area (Å²) in [5.41, 5.74) is 1.85. The van der Waals surface area contributed by atoms with Gasteiger partial charge in [0.15, 0.2) is 5.13 Å². The standard InChI is InChI=1S/C19H18N2O3S/c1-10-16(11-5-3-2-4-6-11)20-19(25-10)21-17(22)14-12-7-8-13(9-12)15(14)18(23)24/h2-8,12-15H,9H2,1H3,(H,23,24)(H,20,21,22). The van der Waals surface area contributed by atoms with Gasteiger partial charge in [0, 0.05) is 10.4 Å². The number of carboxylic acid groups (broad SMARTS) is 1. The summed E-state index contributed by atoms with van der Waals surface area (Å²) in [5, 5.41) is 12.9.